The Kier molecular flexibility index (Phi) is 6.48. The van der Waals surface area contributed by atoms with E-state index in [9.17, 15) is 9.59 Å². The van der Waals surface area contributed by atoms with Gasteiger partial charge in [-0.25, -0.2) is 9.97 Å². The highest BCUT2D eigenvalue weighted by atomic mass is 32.1. The highest BCUT2D eigenvalue weighted by Crippen LogP contribution is 2.26. The first-order valence-corrected chi connectivity index (χ1v) is 10.5. The van der Waals surface area contributed by atoms with Crippen LogP contribution in [0.25, 0.3) is 10.7 Å². The van der Waals surface area contributed by atoms with Crippen LogP contribution in [0.1, 0.15) is 35.6 Å². The number of rotatable bonds is 7. The summed E-state index contributed by atoms with van der Waals surface area (Å²) in [5.41, 5.74) is 1.33. The molecule has 0 saturated carbocycles. The average Bonchev–Trinajstić information content (AvgIpc) is 3.31. The van der Waals surface area contributed by atoms with Crippen molar-refractivity contribution in [2.75, 3.05) is 5.32 Å². The fourth-order valence-electron chi connectivity index (χ4n) is 2.61. The predicted molar refractivity (Wildman–Crippen MR) is 112 cm³/mol. The number of thiazole rings is 2. The summed E-state index contributed by atoms with van der Waals surface area (Å²) in [6.45, 7) is 5.80. The molecule has 2 amide bonds. The predicted octanol–water partition coefficient (Wildman–Crippen LogP) is 3.75. The van der Waals surface area contributed by atoms with Gasteiger partial charge in [-0.2, -0.15) is 0 Å². The summed E-state index contributed by atoms with van der Waals surface area (Å²) in [5, 5.41) is 8.59. The zero-order valence-corrected chi connectivity index (χ0v) is 17.4. The zero-order chi connectivity index (χ0) is 20.1. The van der Waals surface area contributed by atoms with Gasteiger partial charge >= 0.3 is 0 Å². The van der Waals surface area contributed by atoms with Crippen LogP contribution in [-0.4, -0.2) is 32.8 Å². The Bertz CT molecular complexity index is 939. The van der Waals surface area contributed by atoms with Crippen LogP contribution in [0.3, 0.4) is 0 Å². The topological polar surface area (TPSA) is 96.9 Å². The summed E-state index contributed by atoms with van der Waals surface area (Å²) in [4.78, 5) is 38.8. The Labute approximate surface area is 171 Å². The van der Waals surface area contributed by atoms with Gasteiger partial charge in [-0.3, -0.25) is 14.6 Å². The van der Waals surface area contributed by atoms with Gasteiger partial charge in [0.25, 0.3) is 5.91 Å². The van der Waals surface area contributed by atoms with E-state index in [0.29, 0.717) is 27.1 Å². The number of carbonyl (C=O) groups is 2. The van der Waals surface area contributed by atoms with Gasteiger partial charge in [0, 0.05) is 17.8 Å². The molecule has 3 aromatic heterocycles. The minimum atomic E-state index is -0.656. The molecule has 1 atom stereocenters. The van der Waals surface area contributed by atoms with Crippen LogP contribution >= 0.6 is 22.7 Å². The van der Waals surface area contributed by atoms with Crippen LogP contribution < -0.4 is 10.6 Å². The molecule has 0 aliphatic carbocycles. The number of carbonyl (C=O) groups excluding carboxylic acids is 2. The molecule has 0 bridgehead atoms. The average molecular weight is 416 g/mol. The summed E-state index contributed by atoms with van der Waals surface area (Å²) >= 11 is 2.61. The van der Waals surface area contributed by atoms with Crippen LogP contribution in [0.5, 0.6) is 0 Å². The first-order chi connectivity index (χ1) is 13.4. The molecule has 0 saturated heterocycles. The summed E-state index contributed by atoms with van der Waals surface area (Å²) in [6, 6.07) is 4.90. The quantitative estimate of drug-likeness (QED) is 0.612. The number of anilines is 1. The molecule has 0 fully saturated rings. The molecule has 3 rings (SSSR count). The molecule has 28 heavy (non-hydrogen) atoms. The lowest BCUT2D eigenvalue weighted by molar-refractivity contribution is -0.118. The summed E-state index contributed by atoms with van der Waals surface area (Å²) in [7, 11) is 0. The van der Waals surface area contributed by atoms with Crippen molar-refractivity contribution >= 4 is 39.6 Å². The van der Waals surface area contributed by atoms with E-state index >= 15 is 0 Å². The smallest absolute Gasteiger partial charge is 0.263 e. The number of amides is 2. The van der Waals surface area contributed by atoms with E-state index in [4.69, 9.17) is 0 Å². The minimum Gasteiger partial charge on any atom is -0.339 e. The number of pyridine rings is 1. The Hall–Kier alpha value is -2.65. The molecule has 3 aromatic rings. The van der Waals surface area contributed by atoms with E-state index in [1.165, 1.54) is 22.7 Å². The lowest BCUT2D eigenvalue weighted by Crippen LogP contribution is -2.44. The number of hydrogen-bond acceptors (Lipinski definition) is 7. The second-order valence-electron chi connectivity index (χ2n) is 6.63. The second-order valence-corrected chi connectivity index (χ2v) is 8.52. The van der Waals surface area contributed by atoms with Gasteiger partial charge in [0.05, 0.1) is 11.4 Å². The molecule has 0 radical (unpaired) electrons. The van der Waals surface area contributed by atoms with E-state index < -0.39 is 6.04 Å². The van der Waals surface area contributed by atoms with Gasteiger partial charge in [0.2, 0.25) is 5.91 Å². The normalized spacial score (nSPS) is 12.0. The first kappa shape index (κ1) is 20.1. The van der Waals surface area contributed by atoms with Gasteiger partial charge in [0.15, 0.2) is 5.13 Å². The largest absolute Gasteiger partial charge is 0.339 e. The standard InChI is InChI=1S/C19H21N5O2S2/c1-11(2)10-14(16(25)24-19-21-8-9-27-19)23-17(26)15-12(3)22-18(28-15)13-6-4-5-7-20-13/h4-9,11,14H,10H2,1-3H3,(H,23,26)(H,21,24,25). The molecule has 0 aliphatic heterocycles. The Morgan fingerprint density at radius 3 is 2.64 bits per heavy atom. The monoisotopic (exact) mass is 415 g/mol. The Morgan fingerprint density at radius 2 is 2.00 bits per heavy atom. The molecular formula is C19H21N5O2S2. The molecule has 1 unspecified atom stereocenters. The summed E-state index contributed by atoms with van der Waals surface area (Å²) in [5.74, 6) is -0.347. The molecular weight excluding hydrogens is 394 g/mol. The number of aromatic nitrogens is 3. The van der Waals surface area contributed by atoms with Crippen LogP contribution in [0, 0.1) is 12.8 Å². The van der Waals surface area contributed by atoms with E-state index in [1.807, 2.05) is 32.0 Å². The number of nitrogens with zero attached hydrogens (tertiary/aromatic N) is 3. The highest BCUT2D eigenvalue weighted by Gasteiger charge is 2.25. The molecule has 3 heterocycles. The van der Waals surface area contributed by atoms with Crippen molar-refractivity contribution in [2.45, 2.75) is 33.2 Å². The number of hydrogen-bond donors (Lipinski definition) is 2. The van der Waals surface area contributed by atoms with Gasteiger partial charge in [-0.15, -0.1) is 22.7 Å². The maximum atomic E-state index is 12.9. The van der Waals surface area contributed by atoms with E-state index in [0.717, 1.165) is 5.69 Å². The maximum Gasteiger partial charge on any atom is 0.263 e. The van der Waals surface area contributed by atoms with E-state index in [-0.39, 0.29) is 17.7 Å². The molecule has 0 aliphatic rings. The molecule has 0 spiro atoms. The first-order valence-electron chi connectivity index (χ1n) is 8.84. The Morgan fingerprint density at radius 1 is 1.18 bits per heavy atom. The lowest BCUT2D eigenvalue weighted by Gasteiger charge is -2.19. The summed E-state index contributed by atoms with van der Waals surface area (Å²) in [6.07, 6.45) is 3.83. The SMILES string of the molecule is Cc1nc(-c2ccccn2)sc1C(=O)NC(CC(C)C)C(=O)Nc1nccs1. The van der Waals surface area contributed by atoms with Crippen LogP contribution in [0.15, 0.2) is 36.0 Å². The summed E-state index contributed by atoms with van der Waals surface area (Å²) < 4.78 is 0. The van der Waals surface area contributed by atoms with Crippen LogP contribution in [-0.2, 0) is 4.79 Å². The van der Waals surface area contributed by atoms with Crippen molar-refractivity contribution < 1.29 is 9.59 Å². The van der Waals surface area contributed by atoms with Crippen LogP contribution in [0.4, 0.5) is 5.13 Å². The van der Waals surface area contributed by atoms with Crippen molar-refractivity contribution in [3.63, 3.8) is 0 Å². The second kappa shape index (κ2) is 9.03. The van der Waals surface area contributed by atoms with Crippen molar-refractivity contribution in [2.24, 2.45) is 5.92 Å². The van der Waals surface area contributed by atoms with Gasteiger partial charge in [0.1, 0.15) is 15.9 Å². The van der Waals surface area contributed by atoms with E-state index in [2.05, 4.69) is 25.6 Å². The fourth-order valence-corrected chi connectivity index (χ4v) is 4.09. The third-order valence-electron chi connectivity index (χ3n) is 3.88. The number of nitrogens with one attached hydrogen (secondary N) is 2. The van der Waals surface area contributed by atoms with Crippen molar-refractivity contribution in [3.8, 4) is 10.7 Å². The lowest BCUT2D eigenvalue weighted by atomic mass is 10.0. The van der Waals surface area contributed by atoms with Gasteiger partial charge in [-0.1, -0.05) is 19.9 Å². The van der Waals surface area contributed by atoms with Crippen molar-refractivity contribution in [3.05, 3.63) is 46.5 Å². The molecule has 9 heteroatoms. The van der Waals surface area contributed by atoms with Crippen molar-refractivity contribution in [1.29, 1.82) is 0 Å². The fraction of sp³-hybridized carbons (Fsp3) is 0.316. The Balaban J connectivity index is 1.76. The molecule has 146 valence electrons. The third kappa shape index (κ3) is 4.99. The van der Waals surface area contributed by atoms with Crippen LogP contribution in [0.2, 0.25) is 0 Å². The maximum absolute atomic E-state index is 12.9. The van der Waals surface area contributed by atoms with Gasteiger partial charge in [-0.05, 0) is 31.4 Å². The third-order valence-corrected chi connectivity index (χ3v) is 5.75. The minimum absolute atomic E-state index is 0.235. The highest BCUT2D eigenvalue weighted by molar-refractivity contribution is 7.17. The molecule has 2 N–H and O–H groups in total. The van der Waals surface area contributed by atoms with E-state index in [1.54, 1.807) is 24.7 Å². The number of aryl methyl sites for hydroxylation is 1. The van der Waals surface area contributed by atoms with Gasteiger partial charge < -0.3 is 10.6 Å². The zero-order valence-electron chi connectivity index (χ0n) is 15.8. The van der Waals surface area contributed by atoms with Crippen molar-refractivity contribution in [1.82, 2.24) is 20.3 Å². The molecule has 7 nitrogen and oxygen atoms in total. The molecule has 0 aromatic carbocycles.